The van der Waals surface area contributed by atoms with Crippen LogP contribution in [0.25, 0.3) is 0 Å². The Morgan fingerprint density at radius 2 is 1.72 bits per heavy atom. The molecule has 2 aromatic carbocycles. The molecule has 0 saturated heterocycles. The highest BCUT2D eigenvalue weighted by Gasteiger charge is 2.19. The number of Topliss-reactive ketones (excluding diaryl/α,β-unsaturated/α-hetero) is 1. The Morgan fingerprint density at radius 3 is 2.40 bits per heavy atom. The van der Waals surface area contributed by atoms with Gasteiger partial charge in [-0.2, -0.15) is 0 Å². The van der Waals surface area contributed by atoms with Gasteiger partial charge in [-0.1, -0.05) is 42.5 Å². The molecule has 0 spiro atoms. The van der Waals surface area contributed by atoms with E-state index >= 15 is 0 Å². The van der Waals surface area contributed by atoms with Crippen molar-refractivity contribution in [2.24, 2.45) is 0 Å². The highest BCUT2D eigenvalue weighted by atomic mass is 16.5. The molecule has 0 aliphatic rings. The van der Waals surface area contributed by atoms with Crippen molar-refractivity contribution in [1.29, 1.82) is 0 Å². The van der Waals surface area contributed by atoms with E-state index < -0.39 is 18.0 Å². The lowest BCUT2D eigenvalue weighted by Crippen LogP contribution is -2.30. The number of amides is 1. The Kier molecular flexibility index (Phi) is 6.46. The van der Waals surface area contributed by atoms with Crippen molar-refractivity contribution in [2.45, 2.75) is 32.8 Å². The number of benzene rings is 2. The molecule has 0 aliphatic heterocycles. The highest BCUT2D eigenvalue weighted by Crippen LogP contribution is 2.11. The molecule has 5 heteroatoms. The standard InChI is InChI=1S/C20H21NO4/c1-14-7-6-10-17(13-14)21-20(24)15(2)25-19(23)12-11-18(22)16-8-4-3-5-9-16/h3-10,13,15H,11-12H2,1-2H3,(H,21,24). The van der Waals surface area contributed by atoms with Gasteiger partial charge in [0.2, 0.25) is 0 Å². The molecular formula is C20H21NO4. The van der Waals surface area contributed by atoms with Crippen LogP contribution in [0.15, 0.2) is 54.6 Å². The Labute approximate surface area is 147 Å². The summed E-state index contributed by atoms with van der Waals surface area (Å²) in [5.74, 6) is -1.11. The Balaban J connectivity index is 1.79. The molecule has 0 saturated carbocycles. The van der Waals surface area contributed by atoms with Gasteiger partial charge in [-0.05, 0) is 31.5 Å². The molecule has 5 nitrogen and oxygen atoms in total. The van der Waals surface area contributed by atoms with Crippen molar-refractivity contribution in [2.75, 3.05) is 5.32 Å². The smallest absolute Gasteiger partial charge is 0.307 e. The van der Waals surface area contributed by atoms with Crippen LogP contribution in [0.4, 0.5) is 5.69 Å². The molecule has 25 heavy (non-hydrogen) atoms. The largest absolute Gasteiger partial charge is 0.453 e. The van der Waals surface area contributed by atoms with E-state index in [2.05, 4.69) is 5.32 Å². The summed E-state index contributed by atoms with van der Waals surface area (Å²) in [5, 5.41) is 2.70. The first-order chi connectivity index (χ1) is 12.0. The zero-order valence-corrected chi connectivity index (χ0v) is 14.3. The van der Waals surface area contributed by atoms with Crippen molar-refractivity contribution in [3.8, 4) is 0 Å². The van der Waals surface area contributed by atoms with E-state index in [4.69, 9.17) is 4.74 Å². The molecular weight excluding hydrogens is 318 g/mol. The number of ether oxygens (including phenoxy) is 1. The van der Waals surface area contributed by atoms with Gasteiger partial charge in [0.15, 0.2) is 11.9 Å². The molecule has 1 atom stereocenters. The van der Waals surface area contributed by atoms with E-state index in [1.165, 1.54) is 6.92 Å². The molecule has 1 amide bonds. The molecule has 1 N–H and O–H groups in total. The Bertz CT molecular complexity index is 755. The zero-order chi connectivity index (χ0) is 18.2. The lowest BCUT2D eigenvalue weighted by atomic mass is 10.1. The summed E-state index contributed by atoms with van der Waals surface area (Å²) in [7, 11) is 0. The minimum Gasteiger partial charge on any atom is -0.453 e. The Morgan fingerprint density at radius 1 is 1.00 bits per heavy atom. The lowest BCUT2D eigenvalue weighted by Gasteiger charge is -2.13. The lowest BCUT2D eigenvalue weighted by molar-refractivity contribution is -0.153. The number of hydrogen-bond acceptors (Lipinski definition) is 4. The molecule has 130 valence electrons. The fourth-order valence-corrected chi connectivity index (χ4v) is 2.26. The van der Waals surface area contributed by atoms with Gasteiger partial charge in [0.25, 0.3) is 5.91 Å². The number of nitrogens with one attached hydrogen (secondary N) is 1. The van der Waals surface area contributed by atoms with Crippen molar-refractivity contribution >= 4 is 23.3 Å². The predicted molar refractivity (Wildman–Crippen MR) is 95.4 cm³/mol. The van der Waals surface area contributed by atoms with Crippen LogP contribution in [-0.4, -0.2) is 23.8 Å². The third-order valence-electron chi connectivity index (χ3n) is 3.62. The molecule has 0 aromatic heterocycles. The van der Waals surface area contributed by atoms with Crippen LogP contribution in [0.1, 0.15) is 35.7 Å². The van der Waals surface area contributed by atoms with E-state index in [1.807, 2.05) is 31.2 Å². The van der Waals surface area contributed by atoms with Crippen LogP contribution in [0.3, 0.4) is 0 Å². The first kappa shape index (κ1) is 18.4. The number of anilines is 1. The Hall–Kier alpha value is -2.95. The van der Waals surface area contributed by atoms with Crippen LogP contribution < -0.4 is 5.32 Å². The maximum Gasteiger partial charge on any atom is 0.307 e. The van der Waals surface area contributed by atoms with Crippen molar-refractivity contribution in [3.05, 3.63) is 65.7 Å². The first-order valence-corrected chi connectivity index (χ1v) is 8.11. The molecule has 1 unspecified atom stereocenters. The fraction of sp³-hybridized carbons (Fsp3) is 0.250. The third-order valence-corrected chi connectivity index (χ3v) is 3.62. The molecule has 0 aliphatic carbocycles. The minimum absolute atomic E-state index is 0.0507. The van der Waals surface area contributed by atoms with Gasteiger partial charge in [-0.25, -0.2) is 0 Å². The minimum atomic E-state index is -0.931. The summed E-state index contributed by atoms with van der Waals surface area (Å²) in [6.45, 7) is 3.42. The highest BCUT2D eigenvalue weighted by molar-refractivity contribution is 5.98. The normalized spacial score (nSPS) is 11.4. The summed E-state index contributed by atoms with van der Waals surface area (Å²) in [4.78, 5) is 35.9. The van der Waals surface area contributed by atoms with E-state index in [9.17, 15) is 14.4 Å². The van der Waals surface area contributed by atoms with Crippen LogP contribution in [-0.2, 0) is 14.3 Å². The number of rotatable bonds is 7. The van der Waals surface area contributed by atoms with E-state index in [-0.39, 0.29) is 18.6 Å². The molecule has 0 fully saturated rings. The topological polar surface area (TPSA) is 72.5 Å². The molecule has 2 aromatic rings. The maximum absolute atomic E-state index is 12.1. The molecule has 0 heterocycles. The van der Waals surface area contributed by atoms with Gasteiger partial charge in [-0.15, -0.1) is 0 Å². The van der Waals surface area contributed by atoms with Crippen LogP contribution >= 0.6 is 0 Å². The number of carbonyl (C=O) groups excluding carboxylic acids is 3. The molecule has 0 radical (unpaired) electrons. The summed E-state index contributed by atoms with van der Waals surface area (Å²) in [6, 6.07) is 16.1. The summed E-state index contributed by atoms with van der Waals surface area (Å²) in [6.07, 6.45) is -0.940. The number of esters is 1. The SMILES string of the molecule is Cc1cccc(NC(=O)C(C)OC(=O)CCC(=O)c2ccccc2)c1. The van der Waals surface area contributed by atoms with Crippen LogP contribution in [0.5, 0.6) is 0 Å². The zero-order valence-electron chi connectivity index (χ0n) is 14.3. The van der Waals surface area contributed by atoms with Crippen molar-refractivity contribution in [1.82, 2.24) is 0 Å². The maximum atomic E-state index is 12.1. The number of carbonyl (C=O) groups is 3. The van der Waals surface area contributed by atoms with E-state index in [0.29, 0.717) is 11.3 Å². The van der Waals surface area contributed by atoms with Crippen LogP contribution in [0.2, 0.25) is 0 Å². The van der Waals surface area contributed by atoms with Gasteiger partial charge in [0.05, 0.1) is 6.42 Å². The number of ketones is 1. The second-order valence-electron chi connectivity index (χ2n) is 5.78. The predicted octanol–water partition coefficient (Wildman–Crippen LogP) is 3.53. The fourth-order valence-electron chi connectivity index (χ4n) is 2.26. The number of aryl methyl sites for hydroxylation is 1. The third kappa shape index (κ3) is 5.88. The summed E-state index contributed by atoms with van der Waals surface area (Å²) < 4.78 is 5.10. The second kappa shape index (κ2) is 8.78. The van der Waals surface area contributed by atoms with Crippen molar-refractivity contribution < 1.29 is 19.1 Å². The second-order valence-corrected chi connectivity index (χ2v) is 5.78. The van der Waals surface area contributed by atoms with Gasteiger partial charge >= 0.3 is 5.97 Å². The van der Waals surface area contributed by atoms with E-state index in [1.54, 1.807) is 30.3 Å². The van der Waals surface area contributed by atoms with Gasteiger partial charge in [-0.3, -0.25) is 14.4 Å². The van der Waals surface area contributed by atoms with E-state index in [0.717, 1.165) is 5.56 Å². The number of hydrogen-bond donors (Lipinski definition) is 1. The molecule has 0 bridgehead atoms. The quantitative estimate of drug-likeness (QED) is 0.619. The van der Waals surface area contributed by atoms with Crippen molar-refractivity contribution in [3.63, 3.8) is 0 Å². The average Bonchev–Trinajstić information content (AvgIpc) is 2.60. The monoisotopic (exact) mass is 339 g/mol. The van der Waals surface area contributed by atoms with Gasteiger partial charge in [0, 0.05) is 17.7 Å². The summed E-state index contributed by atoms with van der Waals surface area (Å²) >= 11 is 0. The average molecular weight is 339 g/mol. The van der Waals surface area contributed by atoms with Gasteiger partial charge in [0.1, 0.15) is 0 Å². The first-order valence-electron chi connectivity index (χ1n) is 8.11. The van der Waals surface area contributed by atoms with Crippen LogP contribution in [0, 0.1) is 6.92 Å². The molecule has 2 rings (SSSR count). The summed E-state index contributed by atoms with van der Waals surface area (Å²) in [5.41, 5.74) is 2.22. The van der Waals surface area contributed by atoms with Gasteiger partial charge < -0.3 is 10.1 Å².